The Morgan fingerprint density at radius 3 is 2.58 bits per heavy atom. The van der Waals surface area contributed by atoms with Gasteiger partial charge in [0, 0.05) is 45.5 Å². The number of nitriles is 1. The molecule has 1 amide bonds. The second kappa shape index (κ2) is 7.79. The van der Waals surface area contributed by atoms with Crippen LogP contribution in [0.1, 0.15) is 5.56 Å². The average Bonchev–Trinajstić information content (AvgIpc) is 2.62. The molecule has 7 nitrogen and oxygen atoms in total. The molecule has 0 atom stereocenters. The number of amides is 1. The molecule has 3 heterocycles. The lowest BCUT2D eigenvalue weighted by molar-refractivity contribution is -0.133. The van der Waals surface area contributed by atoms with Crippen molar-refractivity contribution in [2.24, 2.45) is 0 Å². The Morgan fingerprint density at radius 1 is 1.25 bits per heavy atom. The van der Waals surface area contributed by atoms with Crippen LogP contribution in [0.15, 0.2) is 12.3 Å². The Hall–Kier alpha value is -1.88. The van der Waals surface area contributed by atoms with Crippen molar-refractivity contribution in [3.8, 4) is 6.07 Å². The minimum Gasteiger partial charge on any atom is -0.379 e. The van der Waals surface area contributed by atoms with Crippen molar-refractivity contribution in [3.63, 3.8) is 0 Å². The number of carbonyl (C=O) groups is 1. The van der Waals surface area contributed by atoms with Crippen LogP contribution in [0.3, 0.4) is 0 Å². The van der Waals surface area contributed by atoms with Gasteiger partial charge in [0.15, 0.2) is 0 Å². The molecule has 0 unspecified atom stereocenters. The van der Waals surface area contributed by atoms with E-state index in [1.807, 2.05) is 11.0 Å². The molecule has 0 N–H and O–H groups in total. The number of hydrogen-bond acceptors (Lipinski definition) is 6. The van der Waals surface area contributed by atoms with E-state index in [1.54, 1.807) is 6.07 Å². The third-order valence-corrected chi connectivity index (χ3v) is 4.62. The molecule has 0 saturated carbocycles. The van der Waals surface area contributed by atoms with Gasteiger partial charge in [0.2, 0.25) is 5.91 Å². The van der Waals surface area contributed by atoms with Gasteiger partial charge < -0.3 is 14.5 Å². The maximum Gasteiger partial charge on any atom is 0.236 e. The number of halogens is 1. The van der Waals surface area contributed by atoms with Gasteiger partial charge in [-0.1, -0.05) is 11.6 Å². The highest BCUT2D eigenvalue weighted by Gasteiger charge is 2.25. The van der Waals surface area contributed by atoms with Crippen LogP contribution in [0.25, 0.3) is 0 Å². The number of rotatable bonds is 3. The Kier molecular flexibility index (Phi) is 5.51. The van der Waals surface area contributed by atoms with Crippen molar-refractivity contribution in [2.75, 3.05) is 63.9 Å². The van der Waals surface area contributed by atoms with Crippen LogP contribution in [0.5, 0.6) is 0 Å². The topological polar surface area (TPSA) is 72.7 Å². The number of anilines is 1. The largest absolute Gasteiger partial charge is 0.379 e. The molecule has 0 spiro atoms. The van der Waals surface area contributed by atoms with Crippen LogP contribution in [0, 0.1) is 11.3 Å². The Balaban J connectivity index is 1.53. The minimum atomic E-state index is 0.162. The van der Waals surface area contributed by atoms with Gasteiger partial charge in [-0.05, 0) is 6.07 Å². The summed E-state index contributed by atoms with van der Waals surface area (Å²) >= 11 is 6.21. The molecule has 0 aromatic carbocycles. The molecule has 2 saturated heterocycles. The first-order valence-corrected chi connectivity index (χ1v) is 8.43. The maximum atomic E-state index is 12.4. The van der Waals surface area contributed by atoms with E-state index in [2.05, 4.69) is 14.8 Å². The number of hydrogen-bond donors (Lipinski definition) is 0. The molecule has 3 rings (SSSR count). The van der Waals surface area contributed by atoms with E-state index < -0.39 is 0 Å². The average molecular weight is 350 g/mol. The number of piperazine rings is 1. The molecule has 2 aliphatic heterocycles. The molecule has 1 aromatic rings. The van der Waals surface area contributed by atoms with E-state index in [-0.39, 0.29) is 5.91 Å². The van der Waals surface area contributed by atoms with E-state index in [0.29, 0.717) is 62.3 Å². The van der Waals surface area contributed by atoms with Crippen LogP contribution in [0.4, 0.5) is 5.82 Å². The fraction of sp³-hybridized carbons (Fsp3) is 0.562. The number of carbonyl (C=O) groups excluding carboxylic acids is 1. The highest BCUT2D eigenvalue weighted by atomic mass is 35.5. The molecule has 1 aromatic heterocycles. The van der Waals surface area contributed by atoms with Crippen LogP contribution in [0.2, 0.25) is 5.02 Å². The van der Waals surface area contributed by atoms with Crippen molar-refractivity contribution in [2.45, 2.75) is 0 Å². The summed E-state index contributed by atoms with van der Waals surface area (Å²) in [6.07, 6.45) is 1.52. The Morgan fingerprint density at radius 2 is 1.96 bits per heavy atom. The third-order valence-electron chi connectivity index (χ3n) is 4.35. The summed E-state index contributed by atoms with van der Waals surface area (Å²) in [5, 5.41) is 9.35. The lowest BCUT2D eigenvalue weighted by Crippen LogP contribution is -2.52. The van der Waals surface area contributed by atoms with Crippen LogP contribution in [-0.2, 0) is 9.53 Å². The zero-order valence-electron chi connectivity index (χ0n) is 13.4. The predicted octanol–water partition coefficient (Wildman–Crippen LogP) is 0.587. The number of ether oxygens (including phenoxy) is 1. The first kappa shape index (κ1) is 17.0. The molecule has 2 fully saturated rings. The second-order valence-corrected chi connectivity index (χ2v) is 6.30. The standard InChI is InChI=1S/C16H20ClN5O2/c17-14-9-13(10-18)11-19-16(14)22-3-1-21(2-4-22)15(23)12-20-5-7-24-8-6-20/h9,11H,1-8,12H2. The highest BCUT2D eigenvalue weighted by molar-refractivity contribution is 6.33. The highest BCUT2D eigenvalue weighted by Crippen LogP contribution is 2.24. The Bertz CT molecular complexity index is 634. The van der Waals surface area contributed by atoms with Crippen LogP contribution in [-0.4, -0.2) is 79.7 Å². The van der Waals surface area contributed by atoms with Crippen LogP contribution < -0.4 is 4.90 Å². The van der Waals surface area contributed by atoms with Crippen molar-refractivity contribution in [3.05, 3.63) is 22.8 Å². The first-order chi connectivity index (χ1) is 11.7. The first-order valence-electron chi connectivity index (χ1n) is 8.06. The van der Waals surface area contributed by atoms with Gasteiger partial charge in [-0.25, -0.2) is 4.98 Å². The number of aromatic nitrogens is 1. The lowest BCUT2D eigenvalue weighted by atomic mass is 10.2. The smallest absolute Gasteiger partial charge is 0.236 e. The minimum absolute atomic E-state index is 0.162. The van der Waals surface area contributed by atoms with Gasteiger partial charge in [-0.3, -0.25) is 9.69 Å². The molecule has 24 heavy (non-hydrogen) atoms. The monoisotopic (exact) mass is 349 g/mol. The summed E-state index contributed by atoms with van der Waals surface area (Å²) in [4.78, 5) is 22.8. The summed E-state index contributed by atoms with van der Waals surface area (Å²) in [6, 6.07) is 3.65. The molecule has 0 bridgehead atoms. The Labute approximate surface area is 146 Å². The molecular weight excluding hydrogens is 330 g/mol. The van der Waals surface area contributed by atoms with Gasteiger partial charge in [0.25, 0.3) is 0 Å². The molecule has 8 heteroatoms. The van der Waals surface area contributed by atoms with Crippen molar-refractivity contribution >= 4 is 23.3 Å². The summed E-state index contributed by atoms with van der Waals surface area (Å²) in [6.45, 7) is 6.17. The molecular formula is C16H20ClN5O2. The summed E-state index contributed by atoms with van der Waals surface area (Å²) in [7, 11) is 0. The van der Waals surface area contributed by atoms with Gasteiger partial charge in [0.1, 0.15) is 11.9 Å². The lowest BCUT2D eigenvalue weighted by Gasteiger charge is -2.37. The molecule has 128 valence electrons. The number of morpholine rings is 1. The van der Waals surface area contributed by atoms with E-state index in [1.165, 1.54) is 6.20 Å². The van der Waals surface area contributed by atoms with Gasteiger partial charge in [-0.2, -0.15) is 5.26 Å². The fourth-order valence-corrected chi connectivity index (χ4v) is 3.23. The summed E-state index contributed by atoms with van der Waals surface area (Å²) < 4.78 is 5.30. The van der Waals surface area contributed by atoms with E-state index in [9.17, 15) is 4.79 Å². The van der Waals surface area contributed by atoms with Gasteiger partial charge in [-0.15, -0.1) is 0 Å². The maximum absolute atomic E-state index is 12.4. The second-order valence-electron chi connectivity index (χ2n) is 5.90. The van der Waals surface area contributed by atoms with Crippen LogP contribution >= 0.6 is 11.6 Å². The zero-order chi connectivity index (χ0) is 16.9. The zero-order valence-corrected chi connectivity index (χ0v) is 14.2. The predicted molar refractivity (Wildman–Crippen MR) is 90.0 cm³/mol. The van der Waals surface area contributed by atoms with Crippen molar-refractivity contribution in [1.29, 1.82) is 5.26 Å². The quantitative estimate of drug-likeness (QED) is 0.795. The van der Waals surface area contributed by atoms with Gasteiger partial charge >= 0.3 is 0 Å². The molecule has 2 aliphatic rings. The molecule has 0 aliphatic carbocycles. The number of pyridine rings is 1. The summed E-state index contributed by atoms with van der Waals surface area (Å²) in [5.41, 5.74) is 0.447. The summed E-state index contributed by atoms with van der Waals surface area (Å²) in [5.74, 6) is 0.839. The van der Waals surface area contributed by atoms with E-state index in [0.717, 1.165) is 13.1 Å². The third kappa shape index (κ3) is 3.96. The molecule has 0 radical (unpaired) electrons. The normalized spacial score (nSPS) is 19.2. The fourth-order valence-electron chi connectivity index (χ4n) is 2.94. The van der Waals surface area contributed by atoms with Crippen molar-refractivity contribution < 1.29 is 9.53 Å². The van der Waals surface area contributed by atoms with Gasteiger partial charge in [0.05, 0.1) is 30.3 Å². The SMILES string of the molecule is N#Cc1cnc(N2CCN(C(=O)CN3CCOCC3)CC2)c(Cl)c1. The number of nitrogens with zero attached hydrogens (tertiary/aromatic N) is 5. The van der Waals surface area contributed by atoms with Crippen molar-refractivity contribution in [1.82, 2.24) is 14.8 Å². The van der Waals surface area contributed by atoms with E-state index in [4.69, 9.17) is 21.6 Å². The van der Waals surface area contributed by atoms with E-state index >= 15 is 0 Å².